The summed E-state index contributed by atoms with van der Waals surface area (Å²) in [6.45, 7) is 2.74. The van der Waals surface area contributed by atoms with Crippen molar-refractivity contribution in [2.45, 2.75) is 68.9 Å². The van der Waals surface area contributed by atoms with Crippen LogP contribution in [0.5, 0.6) is 0 Å². The highest BCUT2D eigenvalue weighted by Crippen LogP contribution is 2.46. The van der Waals surface area contributed by atoms with Crippen molar-refractivity contribution in [1.82, 2.24) is 20.2 Å². The van der Waals surface area contributed by atoms with Crippen molar-refractivity contribution in [2.24, 2.45) is 0 Å². The van der Waals surface area contributed by atoms with E-state index in [1.54, 1.807) is 19.2 Å². The molecule has 47 heavy (non-hydrogen) atoms. The maximum Gasteiger partial charge on any atom is 0.253 e. The molecular formula is C35H34F3N5O4. The molecule has 1 saturated heterocycles. The fourth-order valence-corrected chi connectivity index (χ4v) is 7.43. The Morgan fingerprint density at radius 2 is 1.81 bits per heavy atom. The number of anilines is 1. The van der Waals surface area contributed by atoms with E-state index in [1.807, 2.05) is 18.2 Å². The quantitative estimate of drug-likeness (QED) is 0.374. The molecule has 7 bridgehead atoms. The van der Waals surface area contributed by atoms with Gasteiger partial charge in [0, 0.05) is 67.4 Å². The van der Waals surface area contributed by atoms with Crippen molar-refractivity contribution < 1.29 is 32.3 Å². The summed E-state index contributed by atoms with van der Waals surface area (Å²) < 4.78 is 50.2. The summed E-state index contributed by atoms with van der Waals surface area (Å²) in [4.78, 5) is 51.3. The van der Waals surface area contributed by atoms with E-state index in [9.17, 15) is 18.8 Å². The van der Waals surface area contributed by atoms with Crippen LogP contribution in [-0.2, 0) is 32.6 Å². The maximum atomic E-state index is 15.1. The Balaban J connectivity index is 1.22. The highest BCUT2D eigenvalue weighted by Gasteiger charge is 2.52. The highest BCUT2D eigenvalue weighted by atomic mass is 19.2. The molecule has 1 fully saturated rings. The molecule has 2 aromatic heterocycles. The molecule has 4 aliphatic rings. The Kier molecular flexibility index (Phi) is 8.07. The number of fused-ring (bicyclic) bond motifs is 4. The zero-order valence-corrected chi connectivity index (χ0v) is 25.8. The minimum absolute atomic E-state index is 0.128. The van der Waals surface area contributed by atoms with Crippen molar-refractivity contribution in [3.05, 3.63) is 93.7 Å². The number of benzene rings is 1. The van der Waals surface area contributed by atoms with Gasteiger partial charge in [-0.15, -0.1) is 0 Å². The van der Waals surface area contributed by atoms with Crippen LogP contribution < -0.4 is 10.6 Å². The van der Waals surface area contributed by atoms with Crippen LogP contribution in [-0.4, -0.2) is 64.4 Å². The van der Waals surface area contributed by atoms with Crippen LogP contribution in [0, 0.1) is 17.5 Å². The van der Waals surface area contributed by atoms with E-state index >= 15 is 8.78 Å². The van der Waals surface area contributed by atoms with Gasteiger partial charge in [-0.05, 0) is 74.4 Å². The Morgan fingerprint density at radius 3 is 2.66 bits per heavy atom. The van der Waals surface area contributed by atoms with Crippen molar-refractivity contribution in [3.8, 4) is 0 Å². The Bertz CT molecular complexity index is 1820. The smallest absolute Gasteiger partial charge is 0.253 e. The molecule has 1 aliphatic carbocycles. The highest BCUT2D eigenvalue weighted by molar-refractivity contribution is 6.06. The zero-order valence-electron chi connectivity index (χ0n) is 25.8. The summed E-state index contributed by atoms with van der Waals surface area (Å²) in [5.74, 6) is -4.99. The van der Waals surface area contributed by atoms with Crippen LogP contribution in [0.3, 0.4) is 0 Å². The molecule has 1 spiro atoms. The average molecular weight is 646 g/mol. The molecule has 2 N–H and O–H groups in total. The number of rotatable bonds is 1. The number of pyridine rings is 2. The molecule has 7 rings (SSSR count). The van der Waals surface area contributed by atoms with Crippen LogP contribution in [0.4, 0.5) is 19.0 Å². The zero-order chi connectivity index (χ0) is 32.9. The molecule has 244 valence electrons. The number of hydrogen-bond donors (Lipinski definition) is 2. The van der Waals surface area contributed by atoms with Crippen LogP contribution >= 0.6 is 0 Å². The van der Waals surface area contributed by atoms with Gasteiger partial charge in [-0.3, -0.25) is 19.4 Å². The largest absolute Gasteiger partial charge is 0.381 e. The maximum absolute atomic E-state index is 15.1. The molecule has 0 radical (unpaired) electrons. The predicted molar refractivity (Wildman–Crippen MR) is 166 cm³/mol. The van der Waals surface area contributed by atoms with E-state index in [0.29, 0.717) is 44.0 Å². The van der Waals surface area contributed by atoms with E-state index in [4.69, 9.17) is 4.74 Å². The number of ether oxygens (including phenoxy) is 1. The van der Waals surface area contributed by atoms with Crippen molar-refractivity contribution in [3.63, 3.8) is 0 Å². The van der Waals surface area contributed by atoms with Gasteiger partial charge in [0.15, 0.2) is 11.6 Å². The van der Waals surface area contributed by atoms with Gasteiger partial charge >= 0.3 is 0 Å². The standard InChI is InChI=1S/C35H34F3N5O4/c1-19-23(29-25(36)7-8-26(37)30(29)38)14-27-33(45)43(19)9-5-11-47-10-4-2-3-6-20-12-24-31(40-17-20)42-34(46)35(24)15-21-13-22(32(44)41-27)18-39-28(21)16-35/h3,6-8,12-13,17-19,23,27H,2,4-5,9-11,14-16H2,1H3,(H,41,44)(H,40,42,46)/b6-3-/t19-,23-,27+,35+/m1/s1. The number of carbonyl (C=O) groups is 3. The van der Waals surface area contributed by atoms with Crippen LogP contribution in [0.15, 0.2) is 42.7 Å². The molecule has 9 nitrogen and oxygen atoms in total. The van der Waals surface area contributed by atoms with Crippen molar-refractivity contribution >= 4 is 29.6 Å². The van der Waals surface area contributed by atoms with Gasteiger partial charge in [0.1, 0.15) is 17.7 Å². The fourth-order valence-electron chi connectivity index (χ4n) is 7.43. The minimum atomic E-state index is -1.30. The number of amides is 3. The van der Waals surface area contributed by atoms with Crippen molar-refractivity contribution in [1.29, 1.82) is 0 Å². The molecule has 5 heterocycles. The van der Waals surface area contributed by atoms with Crippen LogP contribution in [0.25, 0.3) is 6.08 Å². The number of hydrogen-bond acceptors (Lipinski definition) is 6. The second-order valence-electron chi connectivity index (χ2n) is 12.8. The lowest BCUT2D eigenvalue weighted by molar-refractivity contribution is -0.139. The van der Waals surface area contributed by atoms with Crippen molar-refractivity contribution in [2.75, 3.05) is 25.1 Å². The first-order chi connectivity index (χ1) is 22.7. The van der Waals surface area contributed by atoms with E-state index in [0.717, 1.165) is 41.7 Å². The molecular weight excluding hydrogens is 611 g/mol. The summed E-state index contributed by atoms with van der Waals surface area (Å²) in [6, 6.07) is 3.45. The normalized spacial score (nSPS) is 26.8. The van der Waals surface area contributed by atoms with E-state index < -0.39 is 58.2 Å². The molecule has 1 aromatic carbocycles. The molecule has 3 aliphatic heterocycles. The Hall–Kier alpha value is -4.58. The number of aromatic nitrogens is 2. The fraction of sp³-hybridized carbons (Fsp3) is 0.400. The van der Waals surface area contributed by atoms with Gasteiger partial charge in [-0.1, -0.05) is 12.2 Å². The van der Waals surface area contributed by atoms with Gasteiger partial charge in [-0.2, -0.15) is 0 Å². The third-order valence-electron chi connectivity index (χ3n) is 9.93. The molecule has 3 amide bonds. The lowest BCUT2D eigenvalue weighted by atomic mass is 9.79. The molecule has 0 saturated carbocycles. The Labute approximate surface area is 269 Å². The summed E-state index contributed by atoms with van der Waals surface area (Å²) in [6.07, 6.45) is 9.64. The van der Waals surface area contributed by atoms with Gasteiger partial charge in [0.05, 0.1) is 11.0 Å². The predicted octanol–water partition coefficient (Wildman–Crippen LogP) is 4.60. The number of allylic oxidation sites excluding steroid dienone is 1. The number of nitrogens with one attached hydrogen (secondary N) is 2. The summed E-state index contributed by atoms with van der Waals surface area (Å²) in [7, 11) is 0. The SMILES string of the molecule is C[C@@H]1[C@H](c2c(F)ccc(F)c2F)C[C@@H]2NC(=O)c3cnc4c(c3)C[C@@]3(C4)C(=O)Nc4ncc(cc43)/C=C\CCCOCCCN1C2=O. The summed E-state index contributed by atoms with van der Waals surface area (Å²) in [5.41, 5.74) is 1.90. The lowest BCUT2D eigenvalue weighted by Crippen LogP contribution is -2.58. The second-order valence-corrected chi connectivity index (χ2v) is 12.8. The van der Waals surface area contributed by atoms with Crippen LogP contribution in [0.1, 0.15) is 76.8 Å². The van der Waals surface area contributed by atoms with Gasteiger partial charge in [-0.25, -0.2) is 18.2 Å². The van der Waals surface area contributed by atoms with E-state index in [2.05, 4.69) is 20.6 Å². The molecule has 3 aromatic rings. The topological polar surface area (TPSA) is 114 Å². The minimum Gasteiger partial charge on any atom is -0.381 e. The first-order valence-corrected chi connectivity index (χ1v) is 15.9. The number of carbonyl (C=O) groups excluding carboxylic acids is 3. The average Bonchev–Trinajstić information content (AvgIpc) is 3.57. The van der Waals surface area contributed by atoms with Gasteiger partial charge < -0.3 is 20.3 Å². The third-order valence-corrected chi connectivity index (χ3v) is 9.93. The third kappa shape index (κ3) is 5.48. The second kappa shape index (κ2) is 12.2. The van der Waals surface area contributed by atoms with E-state index in [-0.39, 0.29) is 24.4 Å². The molecule has 4 atom stereocenters. The summed E-state index contributed by atoms with van der Waals surface area (Å²) >= 11 is 0. The monoisotopic (exact) mass is 645 g/mol. The first-order valence-electron chi connectivity index (χ1n) is 15.9. The molecule has 0 unspecified atom stereocenters. The van der Waals surface area contributed by atoms with E-state index in [1.165, 1.54) is 11.1 Å². The number of nitrogens with zero attached hydrogens (tertiary/aromatic N) is 3. The number of piperidine rings is 1. The van der Waals surface area contributed by atoms with Gasteiger partial charge in [0.2, 0.25) is 11.8 Å². The van der Waals surface area contributed by atoms with Gasteiger partial charge in [0.25, 0.3) is 5.91 Å². The number of halogens is 3. The lowest BCUT2D eigenvalue weighted by Gasteiger charge is -2.43. The van der Waals surface area contributed by atoms with Crippen LogP contribution in [0.2, 0.25) is 0 Å². The Morgan fingerprint density at radius 1 is 1.00 bits per heavy atom. The summed E-state index contributed by atoms with van der Waals surface area (Å²) in [5, 5.41) is 5.67. The molecule has 12 heteroatoms. The first kappa shape index (κ1) is 31.0.